The minimum absolute atomic E-state index is 0.779. The van der Waals surface area contributed by atoms with E-state index in [9.17, 15) is 0 Å². The van der Waals surface area contributed by atoms with Crippen molar-refractivity contribution in [1.29, 1.82) is 0 Å². The van der Waals surface area contributed by atoms with Crippen LogP contribution in [0.1, 0.15) is 38.2 Å². The normalized spacial score (nSPS) is 21.1. The molecule has 0 saturated carbocycles. The molecule has 4 nitrogen and oxygen atoms in total. The summed E-state index contributed by atoms with van der Waals surface area (Å²) in [6, 6.07) is 0.779. The van der Waals surface area contributed by atoms with Crippen molar-refractivity contribution in [3.05, 3.63) is 24.3 Å². The van der Waals surface area contributed by atoms with Gasteiger partial charge in [0.05, 0.1) is 0 Å². The van der Waals surface area contributed by atoms with Gasteiger partial charge < -0.3 is 10.2 Å². The van der Waals surface area contributed by atoms with Crippen LogP contribution in [0.5, 0.6) is 0 Å². The number of rotatable bonds is 6. The molecule has 0 bridgehead atoms. The van der Waals surface area contributed by atoms with Crippen molar-refractivity contribution in [3.63, 3.8) is 0 Å². The third-order valence-electron chi connectivity index (χ3n) is 3.68. The number of hydrogen-bond donors (Lipinski definition) is 1. The smallest absolute Gasteiger partial charge is 0.115 e. The summed E-state index contributed by atoms with van der Waals surface area (Å²) in [6.45, 7) is 6.80. The molecule has 1 fully saturated rings. The van der Waals surface area contributed by atoms with Crippen LogP contribution < -0.4 is 5.32 Å². The van der Waals surface area contributed by atoms with Gasteiger partial charge in [0.2, 0.25) is 0 Å². The zero-order valence-electron chi connectivity index (χ0n) is 11.3. The Morgan fingerprint density at radius 2 is 2.17 bits per heavy atom. The fraction of sp³-hybridized carbons (Fsp3) is 0.714. The number of piperidine rings is 1. The van der Waals surface area contributed by atoms with E-state index in [1.54, 1.807) is 6.33 Å². The number of nitrogens with one attached hydrogen (secondary N) is 1. The topological polar surface area (TPSA) is 41.0 Å². The van der Waals surface area contributed by atoms with Crippen LogP contribution in [0.2, 0.25) is 0 Å². The summed E-state index contributed by atoms with van der Waals surface area (Å²) in [5, 5.41) is 3.45. The molecule has 0 amide bonds. The maximum Gasteiger partial charge on any atom is 0.115 e. The van der Waals surface area contributed by atoms with Gasteiger partial charge in [-0.2, -0.15) is 0 Å². The third-order valence-corrected chi connectivity index (χ3v) is 3.68. The summed E-state index contributed by atoms with van der Waals surface area (Å²) >= 11 is 0. The van der Waals surface area contributed by atoms with Crippen molar-refractivity contribution in [2.75, 3.05) is 19.6 Å². The van der Waals surface area contributed by atoms with E-state index in [0.29, 0.717) is 0 Å². The van der Waals surface area contributed by atoms with Crippen LogP contribution in [0.4, 0.5) is 0 Å². The molecule has 1 aromatic rings. The van der Waals surface area contributed by atoms with Gasteiger partial charge in [-0.3, -0.25) is 0 Å². The van der Waals surface area contributed by atoms with Gasteiger partial charge in [-0.05, 0) is 45.8 Å². The molecule has 4 heteroatoms. The first kappa shape index (κ1) is 13.4. The zero-order chi connectivity index (χ0) is 12.6. The summed E-state index contributed by atoms with van der Waals surface area (Å²) in [5.41, 5.74) is 1.16. The van der Waals surface area contributed by atoms with E-state index in [-0.39, 0.29) is 0 Å². The lowest BCUT2D eigenvalue weighted by Gasteiger charge is -2.33. The van der Waals surface area contributed by atoms with Crippen LogP contribution in [-0.4, -0.2) is 40.5 Å². The number of hydrogen-bond acceptors (Lipinski definition) is 4. The average Bonchev–Trinajstić information content (AvgIpc) is 2.42. The van der Waals surface area contributed by atoms with E-state index in [0.717, 1.165) is 24.7 Å². The van der Waals surface area contributed by atoms with E-state index in [4.69, 9.17) is 0 Å². The molecular weight excluding hydrogens is 224 g/mol. The van der Waals surface area contributed by atoms with E-state index in [1.807, 2.05) is 12.4 Å². The molecule has 1 atom stereocenters. The molecule has 0 aromatic carbocycles. The Morgan fingerprint density at radius 1 is 1.33 bits per heavy atom. The Balaban J connectivity index is 1.56. The highest BCUT2D eigenvalue weighted by atomic mass is 15.2. The monoisotopic (exact) mass is 248 g/mol. The first-order valence-corrected chi connectivity index (χ1v) is 7.05. The third kappa shape index (κ3) is 4.35. The second kappa shape index (κ2) is 7.44. The lowest BCUT2D eigenvalue weighted by Crippen LogP contribution is -2.38. The van der Waals surface area contributed by atoms with E-state index in [1.165, 1.54) is 38.8 Å². The molecule has 2 rings (SSSR count). The molecule has 0 aliphatic carbocycles. The highest BCUT2D eigenvalue weighted by molar-refractivity contribution is 5.01. The number of nitrogens with zero attached hydrogens (tertiary/aromatic N) is 3. The molecule has 1 aromatic heterocycles. The second-order valence-corrected chi connectivity index (χ2v) is 5.16. The minimum atomic E-state index is 0.779. The first-order valence-electron chi connectivity index (χ1n) is 7.05. The van der Waals surface area contributed by atoms with Crippen LogP contribution in [0.3, 0.4) is 0 Å². The van der Waals surface area contributed by atoms with Gasteiger partial charge in [0.15, 0.2) is 0 Å². The van der Waals surface area contributed by atoms with E-state index in [2.05, 4.69) is 27.1 Å². The van der Waals surface area contributed by atoms with Crippen LogP contribution in [0.25, 0.3) is 0 Å². The van der Waals surface area contributed by atoms with Gasteiger partial charge in [0.25, 0.3) is 0 Å². The van der Waals surface area contributed by atoms with Gasteiger partial charge in [-0.25, -0.2) is 9.97 Å². The lowest BCUT2D eigenvalue weighted by molar-refractivity contribution is 0.159. The maximum atomic E-state index is 4.01. The molecule has 18 heavy (non-hydrogen) atoms. The molecule has 0 radical (unpaired) electrons. The van der Waals surface area contributed by atoms with E-state index >= 15 is 0 Å². The fourth-order valence-corrected chi connectivity index (χ4v) is 2.55. The number of likely N-dealkylation sites (tertiary alicyclic amines) is 1. The van der Waals surface area contributed by atoms with Crippen molar-refractivity contribution >= 4 is 0 Å². The molecule has 100 valence electrons. The Hall–Kier alpha value is -1.00. The van der Waals surface area contributed by atoms with Gasteiger partial charge in [-0.15, -0.1) is 0 Å². The Bertz CT molecular complexity index is 328. The molecular formula is C14H24N4. The summed E-state index contributed by atoms with van der Waals surface area (Å²) in [7, 11) is 0. The summed E-state index contributed by atoms with van der Waals surface area (Å²) < 4.78 is 0. The van der Waals surface area contributed by atoms with Crippen LogP contribution in [0.15, 0.2) is 18.7 Å². The second-order valence-electron chi connectivity index (χ2n) is 5.16. The van der Waals surface area contributed by atoms with Crippen LogP contribution in [0, 0.1) is 0 Å². The van der Waals surface area contributed by atoms with Gasteiger partial charge in [-0.1, -0.05) is 6.42 Å². The van der Waals surface area contributed by atoms with Crippen LogP contribution >= 0.6 is 0 Å². The quantitative estimate of drug-likeness (QED) is 0.780. The first-order chi connectivity index (χ1) is 8.86. The summed E-state index contributed by atoms with van der Waals surface area (Å²) in [6.07, 6.45) is 10.7. The van der Waals surface area contributed by atoms with Gasteiger partial charge >= 0.3 is 0 Å². The van der Waals surface area contributed by atoms with Gasteiger partial charge in [0.1, 0.15) is 6.33 Å². The summed E-state index contributed by atoms with van der Waals surface area (Å²) in [5.74, 6) is 0. The SMILES string of the molecule is CC1CCCCN1CCCNCc1cncnc1. The summed E-state index contributed by atoms with van der Waals surface area (Å²) in [4.78, 5) is 10.6. The minimum Gasteiger partial charge on any atom is -0.313 e. The molecule has 1 N–H and O–H groups in total. The van der Waals surface area contributed by atoms with Crippen molar-refractivity contribution in [3.8, 4) is 0 Å². The lowest BCUT2D eigenvalue weighted by atomic mass is 10.0. The van der Waals surface area contributed by atoms with Crippen molar-refractivity contribution in [1.82, 2.24) is 20.2 Å². The van der Waals surface area contributed by atoms with Crippen molar-refractivity contribution < 1.29 is 0 Å². The molecule has 1 saturated heterocycles. The molecule has 2 heterocycles. The van der Waals surface area contributed by atoms with E-state index < -0.39 is 0 Å². The van der Waals surface area contributed by atoms with Crippen LogP contribution in [-0.2, 0) is 6.54 Å². The molecule has 1 unspecified atom stereocenters. The Labute approximate surface area is 110 Å². The molecule has 0 spiro atoms. The van der Waals surface area contributed by atoms with Crippen molar-refractivity contribution in [2.24, 2.45) is 0 Å². The molecule has 1 aliphatic heterocycles. The fourth-order valence-electron chi connectivity index (χ4n) is 2.55. The zero-order valence-corrected chi connectivity index (χ0v) is 11.3. The predicted octanol–water partition coefficient (Wildman–Crippen LogP) is 1.83. The maximum absolute atomic E-state index is 4.01. The Kier molecular flexibility index (Phi) is 5.55. The largest absolute Gasteiger partial charge is 0.313 e. The Morgan fingerprint density at radius 3 is 2.94 bits per heavy atom. The predicted molar refractivity (Wildman–Crippen MR) is 73.2 cm³/mol. The number of aromatic nitrogens is 2. The highest BCUT2D eigenvalue weighted by Crippen LogP contribution is 2.15. The van der Waals surface area contributed by atoms with Gasteiger partial charge in [0, 0.05) is 30.5 Å². The average molecular weight is 248 g/mol. The van der Waals surface area contributed by atoms with Crippen molar-refractivity contribution in [2.45, 2.75) is 45.2 Å². The highest BCUT2D eigenvalue weighted by Gasteiger charge is 2.16. The standard InChI is InChI=1S/C14H24N4/c1-13-5-2-3-7-18(13)8-4-6-15-9-14-10-16-12-17-11-14/h10-13,15H,2-9H2,1H3. The molecule has 1 aliphatic rings.